The zero-order valence-corrected chi connectivity index (χ0v) is 11.5. The quantitative estimate of drug-likeness (QED) is 0.670. The first-order valence-corrected chi connectivity index (χ1v) is 6.76. The van der Waals surface area contributed by atoms with E-state index in [0.717, 1.165) is 25.9 Å². The molecule has 0 bridgehead atoms. The zero-order valence-electron chi connectivity index (χ0n) is 11.5. The molecule has 2 aliphatic rings. The third kappa shape index (κ3) is 2.94. The van der Waals surface area contributed by atoms with E-state index in [4.69, 9.17) is 0 Å². The van der Waals surface area contributed by atoms with Crippen LogP contribution in [-0.2, 0) is 14.4 Å². The molecule has 6 nitrogen and oxygen atoms in total. The maximum absolute atomic E-state index is 12.3. The highest BCUT2D eigenvalue weighted by Gasteiger charge is 2.43. The van der Waals surface area contributed by atoms with Gasteiger partial charge in [0, 0.05) is 6.42 Å². The van der Waals surface area contributed by atoms with E-state index < -0.39 is 17.4 Å². The van der Waals surface area contributed by atoms with Crippen LogP contribution in [0.3, 0.4) is 0 Å². The highest BCUT2D eigenvalue weighted by Crippen LogP contribution is 2.22. The van der Waals surface area contributed by atoms with Crippen LogP contribution in [0.5, 0.6) is 0 Å². The maximum atomic E-state index is 12.3. The fourth-order valence-corrected chi connectivity index (χ4v) is 2.64. The number of hydrogen-bond acceptors (Lipinski definition) is 4. The lowest BCUT2D eigenvalue weighted by Crippen LogP contribution is -2.65. The number of piperidine rings is 1. The van der Waals surface area contributed by atoms with Crippen LogP contribution in [-0.4, -0.2) is 47.8 Å². The number of amides is 3. The summed E-state index contributed by atoms with van der Waals surface area (Å²) in [5.74, 6) is -0.614. The standard InChI is InChI=1S/C13H21N3O3/c1-13(2)12(19)15-10(17)8-16(13)11(18)6-9-4-3-5-14-7-9/h9,14H,3-8H2,1-2H3,(H,15,17,19). The van der Waals surface area contributed by atoms with E-state index in [1.54, 1.807) is 13.8 Å². The Labute approximate surface area is 112 Å². The van der Waals surface area contributed by atoms with Gasteiger partial charge in [-0.05, 0) is 45.7 Å². The second-order valence-corrected chi connectivity index (χ2v) is 5.83. The Morgan fingerprint density at radius 1 is 1.42 bits per heavy atom. The lowest BCUT2D eigenvalue weighted by Gasteiger charge is -2.40. The molecule has 2 saturated heterocycles. The van der Waals surface area contributed by atoms with Crippen molar-refractivity contribution in [1.29, 1.82) is 0 Å². The Hall–Kier alpha value is -1.43. The predicted octanol–water partition coefficient (Wildman–Crippen LogP) is -0.360. The average molecular weight is 267 g/mol. The van der Waals surface area contributed by atoms with Crippen molar-refractivity contribution in [3.63, 3.8) is 0 Å². The van der Waals surface area contributed by atoms with Crippen molar-refractivity contribution in [1.82, 2.24) is 15.5 Å². The van der Waals surface area contributed by atoms with E-state index in [-0.39, 0.29) is 12.5 Å². The van der Waals surface area contributed by atoms with Gasteiger partial charge in [0.2, 0.25) is 11.8 Å². The number of nitrogens with one attached hydrogen (secondary N) is 2. The molecule has 2 aliphatic heterocycles. The largest absolute Gasteiger partial charge is 0.319 e. The summed E-state index contributed by atoms with van der Waals surface area (Å²) in [6, 6.07) is 0. The zero-order chi connectivity index (χ0) is 14.0. The van der Waals surface area contributed by atoms with Crippen molar-refractivity contribution in [2.45, 2.75) is 38.6 Å². The van der Waals surface area contributed by atoms with Crippen LogP contribution < -0.4 is 10.6 Å². The van der Waals surface area contributed by atoms with Crippen molar-refractivity contribution in [2.24, 2.45) is 5.92 Å². The summed E-state index contributed by atoms with van der Waals surface area (Å²) in [6.07, 6.45) is 2.49. The molecule has 0 aromatic rings. The summed E-state index contributed by atoms with van der Waals surface area (Å²) in [5.41, 5.74) is -0.951. The Bertz CT molecular complexity index is 400. The number of hydrogen-bond donors (Lipinski definition) is 2. The fourth-order valence-electron chi connectivity index (χ4n) is 2.64. The first kappa shape index (κ1) is 14.0. The lowest BCUT2D eigenvalue weighted by atomic mass is 9.93. The van der Waals surface area contributed by atoms with Crippen molar-refractivity contribution in [3.8, 4) is 0 Å². The minimum atomic E-state index is -0.951. The highest BCUT2D eigenvalue weighted by molar-refractivity contribution is 6.06. The van der Waals surface area contributed by atoms with E-state index in [1.807, 2.05) is 0 Å². The second-order valence-electron chi connectivity index (χ2n) is 5.83. The molecule has 2 rings (SSSR count). The third-order valence-corrected chi connectivity index (χ3v) is 3.95. The molecular weight excluding hydrogens is 246 g/mol. The van der Waals surface area contributed by atoms with Gasteiger partial charge in [0.1, 0.15) is 12.1 Å². The molecular formula is C13H21N3O3. The summed E-state index contributed by atoms with van der Waals surface area (Å²) in [5, 5.41) is 5.54. The van der Waals surface area contributed by atoms with Gasteiger partial charge < -0.3 is 10.2 Å². The molecule has 106 valence electrons. The van der Waals surface area contributed by atoms with Crippen LogP contribution in [0.2, 0.25) is 0 Å². The molecule has 0 radical (unpaired) electrons. The number of carbonyl (C=O) groups is 3. The summed E-state index contributed by atoms with van der Waals surface area (Å²) in [4.78, 5) is 37.0. The van der Waals surface area contributed by atoms with Gasteiger partial charge in [-0.2, -0.15) is 0 Å². The van der Waals surface area contributed by atoms with Gasteiger partial charge in [-0.25, -0.2) is 0 Å². The Kier molecular flexibility index (Phi) is 3.89. The molecule has 3 amide bonds. The van der Waals surface area contributed by atoms with Gasteiger partial charge >= 0.3 is 0 Å². The van der Waals surface area contributed by atoms with Crippen molar-refractivity contribution >= 4 is 17.7 Å². The predicted molar refractivity (Wildman–Crippen MR) is 69.2 cm³/mol. The van der Waals surface area contributed by atoms with Gasteiger partial charge in [0.15, 0.2) is 0 Å². The monoisotopic (exact) mass is 267 g/mol. The van der Waals surface area contributed by atoms with Gasteiger partial charge in [-0.3, -0.25) is 19.7 Å². The normalized spacial score (nSPS) is 27.1. The minimum Gasteiger partial charge on any atom is -0.319 e. The van der Waals surface area contributed by atoms with Crippen LogP contribution in [0, 0.1) is 5.92 Å². The Morgan fingerprint density at radius 3 is 2.79 bits per heavy atom. The number of carbonyl (C=O) groups excluding carboxylic acids is 3. The number of rotatable bonds is 2. The molecule has 0 aliphatic carbocycles. The number of nitrogens with zero attached hydrogens (tertiary/aromatic N) is 1. The number of imide groups is 1. The third-order valence-electron chi connectivity index (χ3n) is 3.95. The van der Waals surface area contributed by atoms with Crippen molar-refractivity contribution in [3.05, 3.63) is 0 Å². The SMILES string of the molecule is CC1(C)C(=O)NC(=O)CN1C(=O)CC1CCCNC1. The molecule has 0 aromatic heterocycles. The number of piperazine rings is 1. The van der Waals surface area contributed by atoms with E-state index >= 15 is 0 Å². The molecule has 2 fully saturated rings. The molecule has 1 unspecified atom stereocenters. The Balaban J connectivity index is 2.03. The molecule has 2 N–H and O–H groups in total. The van der Waals surface area contributed by atoms with Gasteiger partial charge in [-0.1, -0.05) is 0 Å². The molecule has 1 atom stereocenters. The van der Waals surface area contributed by atoms with Gasteiger partial charge in [0.25, 0.3) is 5.91 Å². The van der Waals surface area contributed by atoms with E-state index in [1.165, 1.54) is 4.90 Å². The topological polar surface area (TPSA) is 78.5 Å². The van der Waals surface area contributed by atoms with Gasteiger partial charge in [0.05, 0.1) is 0 Å². The fraction of sp³-hybridized carbons (Fsp3) is 0.769. The summed E-state index contributed by atoms with van der Waals surface area (Å²) < 4.78 is 0. The van der Waals surface area contributed by atoms with E-state index in [9.17, 15) is 14.4 Å². The minimum absolute atomic E-state index is 0.0300. The summed E-state index contributed by atoms with van der Waals surface area (Å²) in [7, 11) is 0. The first-order valence-electron chi connectivity index (χ1n) is 6.76. The lowest BCUT2D eigenvalue weighted by molar-refractivity contribution is -0.156. The molecule has 0 aromatic carbocycles. The van der Waals surface area contributed by atoms with Crippen molar-refractivity contribution < 1.29 is 14.4 Å². The summed E-state index contributed by atoms with van der Waals surface area (Å²) >= 11 is 0. The summed E-state index contributed by atoms with van der Waals surface area (Å²) in [6.45, 7) is 5.15. The molecule has 6 heteroatoms. The first-order chi connectivity index (χ1) is 8.91. The molecule has 0 spiro atoms. The molecule has 19 heavy (non-hydrogen) atoms. The van der Waals surface area contributed by atoms with Crippen molar-refractivity contribution in [2.75, 3.05) is 19.6 Å². The van der Waals surface area contributed by atoms with Crippen LogP contribution in [0.15, 0.2) is 0 Å². The van der Waals surface area contributed by atoms with Crippen LogP contribution in [0.4, 0.5) is 0 Å². The highest BCUT2D eigenvalue weighted by atomic mass is 16.2. The second kappa shape index (κ2) is 5.28. The average Bonchev–Trinajstić information content (AvgIpc) is 2.35. The van der Waals surface area contributed by atoms with Crippen LogP contribution in [0.1, 0.15) is 33.1 Å². The molecule has 0 saturated carbocycles. The molecule has 2 heterocycles. The van der Waals surface area contributed by atoms with Crippen LogP contribution >= 0.6 is 0 Å². The van der Waals surface area contributed by atoms with E-state index in [0.29, 0.717) is 12.3 Å². The van der Waals surface area contributed by atoms with Crippen LogP contribution in [0.25, 0.3) is 0 Å². The van der Waals surface area contributed by atoms with Gasteiger partial charge in [-0.15, -0.1) is 0 Å². The van der Waals surface area contributed by atoms with E-state index in [2.05, 4.69) is 10.6 Å². The Morgan fingerprint density at radius 2 is 2.16 bits per heavy atom. The maximum Gasteiger partial charge on any atom is 0.252 e. The smallest absolute Gasteiger partial charge is 0.252 e.